The highest BCUT2D eigenvalue weighted by Crippen LogP contribution is 2.46. The highest BCUT2D eigenvalue weighted by atomic mass is 19.1. The lowest BCUT2D eigenvalue weighted by atomic mass is 9.67. The van der Waals surface area contributed by atoms with Crippen LogP contribution in [0.1, 0.15) is 19.3 Å². The van der Waals surface area contributed by atoms with E-state index in [-0.39, 0.29) is 5.41 Å². The first-order valence-corrected chi connectivity index (χ1v) is 3.68. The minimum absolute atomic E-state index is 0.0972. The van der Waals surface area contributed by atoms with Gasteiger partial charge in [0.15, 0.2) is 0 Å². The molecule has 1 heterocycles. The highest BCUT2D eigenvalue weighted by molar-refractivity contribution is 5.00. The van der Waals surface area contributed by atoms with Gasteiger partial charge in [-0.3, -0.25) is 0 Å². The van der Waals surface area contributed by atoms with E-state index in [9.17, 15) is 4.39 Å². The highest BCUT2D eigenvalue weighted by Gasteiger charge is 2.47. The van der Waals surface area contributed by atoms with Gasteiger partial charge < -0.3 is 5.32 Å². The molecule has 1 saturated heterocycles. The lowest BCUT2D eigenvalue weighted by Gasteiger charge is -2.39. The number of alkyl halides is 1. The summed E-state index contributed by atoms with van der Waals surface area (Å²) in [5, 5.41) is 3.09. The van der Waals surface area contributed by atoms with Gasteiger partial charge in [-0.25, -0.2) is 4.39 Å². The number of halogens is 1. The van der Waals surface area contributed by atoms with Crippen LogP contribution in [-0.2, 0) is 0 Å². The average molecular weight is 129 g/mol. The minimum Gasteiger partial charge on any atom is -0.313 e. The largest absolute Gasteiger partial charge is 0.313 e. The van der Waals surface area contributed by atoms with Crippen molar-refractivity contribution in [2.45, 2.75) is 25.4 Å². The Morgan fingerprint density at radius 3 is 2.44 bits per heavy atom. The molecule has 1 saturated carbocycles. The van der Waals surface area contributed by atoms with Crippen LogP contribution in [0.2, 0.25) is 0 Å². The summed E-state index contributed by atoms with van der Waals surface area (Å²) < 4.78 is 13.0. The molecule has 1 spiro atoms. The smallest absolute Gasteiger partial charge is 0.119 e. The summed E-state index contributed by atoms with van der Waals surface area (Å²) in [7, 11) is 0. The van der Waals surface area contributed by atoms with Crippen molar-refractivity contribution in [2.75, 3.05) is 13.1 Å². The average Bonchev–Trinajstić information content (AvgIpc) is 2.07. The third-order valence-electron chi connectivity index (χ3n) is 2.81. The monoisotopic (exact) mass is 129 g/mol. The summed E-state index contributed by atoms with van der Waals surface area (Å²) in [6.45, 7) is 1.52. The summed E-state index contributed by atoms with van der Waals surface area (Å²) >= 11 is 0. The molecule has 1 unspecified atom stereocenters. The molecule has 2 rings (SSSR count). The van der Waals surface area contributed by atoms with Gasteiger partial charge in [0, 0.05) is 18.5 Å². The molecule has 1 aliphatic heterocycles. The van der Waals surface area contributed by atoms with Crippen molar-refractivity contribution in [3.63, 3.8) is 0 Å². The van der Waals surface area contributed by atoms with E-state index in [1.807, 2.05) is 0 Å². The predicted molar refractivity (Wildman–Crippen MR) is 34.0 cm³/mol. The van der Waals surface area contributed by atoms with Gasteiger partial charge in [-0.05, 0) is 12.8 Å². The maximum atomic E-state index is 13.0. The summed E-state index contributed by atoms with van der Waals surface area (Å²) in [6, 6.07) is 0. The van der Waals surface area contributed by atoms with Gasteiger partial charge in [0.05, 0.1) is 0 Å². The van der Waals surface area contributed by atoms with Crippen molar-refractivity contribution >= 4 is 0 Å². The summed E-state index contributed by atoms with van der Waals surface area (Å²) in [5.74, 6) is 0. The third-order valence-corrected chi connectivity index (χ3v) is 2.81. The second-order valence-electron chi connectivity index (χ2n) is 3.31. The van der Waals surface area contributed by atoms with Crippen molar-refractivity contribution in [1.82, 2.24) is 5.32 Å². The molecule has 0 aromatic carbocycles. The van der Waals surface area contributed by atoms with Gasteiger partial charge in [-0.15, -0.1) is 0 Å². The fourth-order valence-electron chi connectivity index (χ4n) is 1.90. The second-order valence-corrected chi connectivity index (χ2v) is 3.31. The molecular formula is C7H12FN. The zero-order chi connectivity index (χ0) is 6.32. The molecule has 2 aliphatic rings. The molecule has 0 bridgehead atoms. The van der Waals surface area contributed by atoms with Crippen LogP contribution in [0.4, 0.5) is 4.39 Å². The Labute approximate surface area is 54.6 Å². The maximum Gasteiger partial charge on any atom is 0.119 e. The summed E-state index contributed by atoms with van der Waals surface area (Å²) in [4.78, 5) is 0. The Balaban J connectivity index is 2.09. The molecule has 1 nitrogen and oxygen atoms in total. The standard InChI is InChI=1S/C7H12FN/c8-6-4-9-5-7(6)2-1-3-7/h6,9H,1-5H2. The molecule has 0 amide bonds. The first-order valence-electron chi connectivity index (χ1n) is 3.68. The maximum absolute atomic E-state index is 13.0. The second kappa shape index (κ2) is 1.69. The number of hydrogen-bond acceptors (Lipinski definition) is 1. The van der Waals surface area contributed by atoms with E-state index >= 15 is 0 Å². The van der Waals surface area contributed by atoms with Crippen LogP contribution in [0.25, 0.3) is 0 Å². The van der Waals surface area contributed by atoms with Crippen LogP contribution < -0.4 is 5.32 Å². The molecule has 1 N–H and O–H groups in total. The topological polar surface area (TPSA) is 12.0 Å². The molecule has 1 atom stereocenters. The normalized spacial score (nSPS) is 39.0. The molecule has 0 radical (unpaired) electrons. The van der Waals surface area contributed by atoms with Gasteiger partial charge in [-0.1, -0.05) is 6.42 Å². The molecule has 9 heavy (non-hydrogen) atoms. The van der Waals surface area contributed by atoms with Crippen LogP contribution in [0.3, 0.4) is 0 Å². The number of hydrogen-bond donors (Lipinski definition) is 1. The van der Waals surface area contributed by atoms with Gasteiger partial charge in [0.1, 0.15) is 6.17 Å². The van der Waals surface area contributed by atoms with E-state index in [2.05, 4.69) is 5.32 Å². The van der Waals surface area contributed by atoms with Gasteiger partial charge in [-0.2, -0.15) is 0 Å². The van der Waals surface area contributed by atoms with Crippen molar-refractivity contribution in [3.05, 3.63) is 0 Å². The van der Waals surface area contributed by atoms with Crippen LogP contribution in [0.5, 0.6) is 0 Å². The lowest BCUT2D eigenvalue weighted by molar-refractivity contribution is 0.0674. The molecule has 2 fully saturated rings. The van der Waals surface area contributed by atoms with Gasteiger partial charge in [0.2, 0.25) is 0 Å². The SMILES string of the molecule is FC1CNCC12CCC2. The number of nitrogens with one attached hydrogen (secondary N) is 1. The fourth-order valence-corrected chi connectivity index (χ4v) is 1.90. The van der Waals surface area contributed by atoms with Crippen LogP contribution in [0.15, 0.2) is 0 Å². The Morgan fingerprint density at radius 1 is 1.44 bits per heavy atom. The molecular weight excluding hydrogens is 117 g/mol. The lowest BCUT2D eigenvalue weighted by Crippen LogP contribution is -2.38. The zero-order valence-electron chi connectivity index (χ0n) is 5.49. The third kappa shape index (κ3) is 0.627. The Kier molecular flexibility index (Phi) is 1.06. The van der Waals surface area contributed by atoms with E-state index < -0.39 is 6.17 Å². The van der Waals surface area contributed by atoms with Crippen LogP contribution in [-0.4, -0.2) is 19.3 Å². The van der Waals surface area contributed by atoms with Crippen LogP contribution >= 0.6 is 0 Å². The molecule has 52 valence electrons. The molecule has 0 aromatic heterocycles. The van der Waals surface area contributed by atoms with E-state index in [1.54, 1.807) is 0 Å². The minimum atomic E-state index is -0.550. The fraction of sp³-hybridized carbons (Fsp3) is 1.00. The Hall–Kier alpha value is -0.110. The zero-order valence-corrected chi connectivity index (χ0v) is 5.49. The molecule has 0 aromatic rings. The first-order chi connectivity index (χ1) is 4.33. The van der Waals surface area contributed by atoms with Crippen LogP contribution in [0, 0.1) is 5.41 Å². The molecule has 2 heteroatoms. The van der Waals surface area contributed by atoms with Crippen molar-refractivity contribution in [1.29, 1.82) is 0 Å². The Bertz CT molecular complexity index is 120. The number of rotatable bonds is 0. The predicted octanol–water partition coefficient (Wildman–Crippen LogP) is 1.10. The van der Waals surface area contributed by atoms with Crippen molar-refractivity contribution in [3.8, 4) is 0 Å². The quantitative estimate of drug-likeness (QED) is 0.516. The Morgan fingerprint density at radius 2 is 2.22 bits per heavy atom. The summed E-state index contributed by atoms with van der Waals surface area (Å²) in [5.41, 5.74) is 0.0972. The van der Waals surface area contributed by atoms with Gasteiger partial charge in [0.25, 0.3) is 0 Å². The first kappa shape index (κ1) is 5.66. The summed E-state index contributed by atoms with van der Waals surface area (Å²) in [6.07, 6.45) is 2.91. The van der Waals surface area contributed by atoms with E-state index in [4.69, 9.17) is 0 Å². The van der Waals surface area contributed by atoms with Crippen molar-refractivity contribution < 1.29 is 4.39 Å². The molecule has 1 aliphatic carbocycles. The van der Waals surface area contributed by atoms with E-state index in [1.165, 1.54) is 6.42 Å². The van der Waals surface area contributed by atoms with E-state index in [0.717, 1.165) is 19.4 Å². The van der Waals surface area contributed by atoms with E-state index in [0.29, 0.717) is 6.54 Å². The van der Waals surface area contributed by atoms with Gasteiger partial charge >= 0.3 is 0 Å². The van der Waals surface area contributed by atoms with Crippen molar-refractivity contribution in [2.24, 2.45) is 5.41 Å².